The molecule has 0 bridgehead atoms. The van der Waals surface area contributed by atoms with Crippen molar-refractivity contribution in [2.45, 2.75) is 11.8 Å². The number of halogens is 1. The first kappa shape index (κ1) is 14.9. The zero-order valence-corrected chi connectivity index (χ0v) is 12.1. The average Bonchev–Trinajstić information content (AvgIpc) is 2.28. The number of aryl methyl sites for hydroxylation is 1. The fourth-order valence-electron chi connectivity index (χ4n) is 1.24. The Balaban J connectivity index is 2.68. The summed E-state index contributed by atoms with van der Waals surface area (Å²) in [5, 5.41) is 2.29. The van der Waals surface area contributed by atoms with Gasteiger partial charge in [0.25, 0.3) is 0 Å². The molecule has 0 radical (unpaired) electrons. The molecule has 0 aliphatic heterocycles. The summed E-state index contributed by atoms with van der Waals surface area (Å²) in [6.07, 6.45) is 0. The molecule has 0 heterocycles. The van der Waals surface area contributed by atoms with Gasteiger partial charge < -0.3 is 11.1 Å². The van der Waals surface area contributed by atoms with Gasteiger partial charge in [0.05, 0.1) is 4.90 Å². The van der Waals surface area contributed by atoms with Crippen molar-refractivity contribution in [3.63, 3.8) is 0 Å². The van der Waals surface area contributed by atoms with Crippen molar-refractivity contribution in [1.82, 2.24) is 10.0 Å². The third kappa shape index (κ3) is 4.28. The van der Waals surface area contributed by atoms with E-state index in [1.54, 1.807) is 19.1 Å². The second kappa shape index (κ2) is 6.17. The highest BCUT2D eigenvalue weighted by Crippen LogP contribution is 2.19. The van der Waals surface area contributed by atoms with Crippen LogP contribution >= 0.6 is 15.9 Å². The maximum Gasteiger partial charge on any atom is 0.312 e. The summed E-state index contributed by atoms with van der Waals surface area (Å²) in [5.74, 6) is 0. The number of carbonyl (C=O) groups is 1. The standard InChI is InChI=1S/C10H14BrN3O3S/c1-7-6-8(2-3-9(7)11)18(16,17)14-5-4-13-10(12)15/h2-3,6,14H,4-5H2,1H3,(H3,12,13,15). The summed E-state index contributed by atoms with van der Waals surface area (Å²) >= 11 is 3.30. The Morgan fingerprint density at radius 2 is 2.06 bits per heavy atom. The maximum atomic E-state index is 11.9. The van der Waals surface area contributed by atoms with Gasteiger partial charge in [-0.05, 0) is 30.7 Å². The molecule has 0 saturated heterocycles. The number of carbonyl (C=O) groups excluding carboxylic acids is 1. The molecule has 18 heavy (non-hydrogen) atoms. The summed E-state index contributed by atoms with van der Waals surface area (Å²) in [6.45, 7) is 2.03. The smallest absolute Gasteiger partial charge is 0.312 e. The predicted octanol–water partition coefficient (Wildman–Crippen LogP) is 0.704. The first-order chi connectivity index (χ1) is 8.33. The SMILES string of the molecule is Cc1cc(S(=O)(=O)NCCNC(N)=O)ccc1Br. The van der Waals surface area contributed by atoms with Crippen LogP contribution in [0.4, 0.5) is 4.79 Å². The van der Waals surface area contributed by atoms with Crippen LogP contribution in [-0.2, 0) is 10.0 Å². The lowest BCUT2D eigenvalue weighted by Gasteiger charge is -2.08. The van der Waals surface area contributed by atoms with Gasteiger partial charge >= 0.3 is 6.03 Å². The minimum absolute atomic E-state index is 0.0837. The minimum atomic E-state index is -3.56. The molecular weight excluding hydrogens is 322 g/mol. The number of urea groups is 1. The molecule has 1 aromatic rings. The van der Waals surface area contributed by atoms with E-state index in [9.17, 15) is 13.2 Å². The molecule has 0 aromatic heterocycles. The van der Waals surface area contributed by atoms with Gasteiger partial charge in [-0.25, -0.2) is 17.9 Å². The Labute approximate surface area is 114 Å². The number of rotatable bonds is 5. The maximum absolute atomic E-state index is 11.9. The molecule has 2 amide bonds. The monoisotopic (exact) mass is 335 g/mol. The molecule has 0 unspecified atom stereocenters. The number of nitrogens with two attached hydrogens (primary N) is 1. The van der Waals surface area contributed by atoms with Crippen molar-refractivity contribution in [3.05, 3.63) is 28.2 Å². The van der Waals surface area contributed by atoms with E-state index in [2.05, 4.69) is 26.0 Å². The zero-order chi connectivity index (χ0) is 13.8. The molecule has 0 aliphatic rings. The van der Waals surface area contributed by atoms with E-state index in [4.69, 9.17) is 5.73 Å². The number of nitrogens with one attached hydrogen (secondary N) is 2. The fraction of sp³-hybridized carbons (Fsp3) is 0.300. The Morgan fingerprint density at radius 1 is 1.39 bits per heavy atom. The average molecular weight is 336 g/mol. The summed E-state index contributed by atoms with van der Waals surface area (Å²) in [7, 11) is -3.56. The van der Waals surface area contributed by atoms with Gasteiger partial charge in [0.15, 0.2) is 0 Å². The van der Waals surface area contributed by atoms with Crippen molar-refractivity contribution < 1.29 is 13.2 Å². The van der Waals surface area contributed by atoms with Gasteiger partial charge in [-0.15, -0.1) is 0 Å². The number of primary amides is 1. The predicted molar refractivity (Wildman–Crippen MR) is 71.7 cm³/mol. The van der Waals surface area contributed by atoms with Gasteiger partial charge in [0, 0.05) is 17.6 Å². The van der Waals surface area contributed by atoms with Gasteiger partial charge in [0.2, 0.25) is 10.0 Å². The van der Waals surface area contributed by atoms with Gasteiger partial charge in [-0.3, -0.25) is 0 Å². The van der Waals surface area contributed by atoms with E-state index in [0.29, 0.717) is 0 Å². The van der Waals surface area contributed by atoms with Crippen molar-refractivity contribution in [2.75, 3.05) is 13.1 Å². The van der Waals surface area contributed by atoms with E-state index in [1.165, 1.54) is 6.07 Å². The number of amides is 2. The second-order valence-electron chi connectivity index (χ2n) is 3.60. The molecule has 8 heteroatoms. The normalized spacial score (nSPS) is 11.2. The van der Waals surface area contributed by atoms with Crippen molar-refractivity contribution >= 4 is 32.0 Å². The Bertz CT molecular complexity index is 545. The van der Waals surface area contributed by atoms with E-state index in [-0.39, 0.29) is 18.0 Å². The van der Waals surface area contributed by atoms with Gasteiger partial charge in [-0.2, -0.15) is 0 Å². The Kier molecular flexibility index (Phi) is 5.12. The third-order valence-corrected chi connectivity index (χ3v) is 4.50. The van der Waals surface area contributed by atoms with Crippen LogP contribution in [0.3, 0.4) is 0 Å². The number of hydrogen-bond acceptors (Lipinski definition) is 3. The molecule has 0 atom stereocenters. The summed E-state index contributed by atoms with van der Waals surface area (Å²) in [4.78, 5) is 10.6. The van der Waals surface area contributed by atoms with Crippen LogP contribution in [0.5, 0.6) is 0 Å². The first-order valence-corrected chi connectivity index (χ1v) is 7.39. The van der Waals surface area contributed by atoms with Crippen LogP contribution in [0.1, 0.15) is 5.56 Å². The lowest BCUT2D eigenvalue weighted by Crippen LogP contribution is -2.37. The highest BCUT2D eigenvalue weighted by Gasteiger charge is 2.13. The fourth-order valence-corrected chi connectivity index (χ4v) is 2.60. The van der Waals surface area contributed by atoms with E-state index >= 15 is 0 Å². The quantitative estimate of drug-likeness (QED) is 0.690. The minimum Gasteiger partial charge on any atom is -0.352 e. The first-order valence-electron chi connectivity index (χ1n) is 5.12. The van der Waals surface area contributed by atoms with Crippen molar-refractivity contribution in [2.24, 2.45) is 5.73 Å². The third-order valence-electron chi connectivity index (χ3n) is 2.16. The van der Waals surface area contributed by atoms with E-state index < -0.39 is 16.1 Å². The van der Waals surface area contributed by atoms with E-state index in [0.717, 1.165) is 10.0 Å². The number of sulfonamides is 1. The molecule has 1 aromatic carbocycles. The van der Waals surface area contributed by atoms with Crippen LogP contribution in [0.15, 0.2) is 27.6 Å². The molecule has 0 aliphatic carbocycles. The summed E-state index contributed by atoms with van der Waals surface area (Å²) in [6, 6.07) is 4.05. The molecule has 100 valence electrons. The second-order valence-corrected chi connectivity index (χ2v) is 6.22. The molecule has 0 spiro atoms. The summed E-state index contributed by atoms with van der Waals surface area (Å²) in [5.41, 5.74) is 5.68. The topological polar surface area (TPSA) is 101 Å². The van der Waals surface area contributed by atoms with Crippen LogP contribution in [0.2, 0.25) is 0 Å². The zero-order valence-electron chi connectivity index (χ0n) is 9.73. The molecule has 4 N–H and O–H groups in total. The van der Waals surface area contributed by atoms with Crippen LogP contribution in [-0.4, -0.2) is 27.5 Å². The Hall–Kier alpha value is -1.12. The molecule has 0 saturated carbocycles. The van der Waals surface area contributed by atoms with Crippen molar-refractivity contribution in [3.8, 4) is 0 Å². The lowest BCUT2D eigenvalue weighted by atomic mass is 10.2. The van der Waals surface area contributed by atoms with Crippen LogP contribution in [0, 0.1) is 6.92 Å². The van der Waals surface area contributed by atoms with Gasteiger partial charge in [0.1, 0.15) is 0 Å². The van der Waals surface area contributed by atoms with Crippen LogP contribution < -0.4 is 15.8 Å². The largest absolute Gasteiger partial charge is 0.352 e. The highest BCUT2D eigenvalue weighted by molar-refractivity contribution is 9.10. The Morgan fingerprint density at radius 3 is 2.61 bits per heavy atom. The van der Waals surface area contributed by atoms with Gasteiger partial charge in [-0.1, -0.05) is 15.9 Å². The van der Waals surface area contributed by atoms with Crippen LogP contribution in [0.25, 0.3) is 0 Å². The summed E-state index contributed by atoms with van der Waals surface area (Å²) < 4.78 is 26.9. The van der Waals surface area contributed by atoms with E-state index in [1.807, 2.05) is 0 Å². The lowest BCUT2D eigenvalue weighted by molar-refractivity contribution is 0.249. The molecule has 0 fully saturated rings. The highest BCUT2D eigenvalue weighted by atomic mass is 79.9. The van der Waals surface area contributed by atoms with Crippen molar-refractivity contribution in [1.29, 1.82) is 0 Å². The number of hydrogen-bond donors (Lipinski definition) is 3. The number of benzene rings is 1. The molecular formula is C10H14BrN3O3S. The molecule has 6 nitrogen and oxygen atoms in total. The molecule has 1 rings (SSSR count).